The van der Waals surface area contributed by atoms with E-state index in [-0.39, 0.29) is 31.7 Å². The summed E-state index contributed by atoms with van der Waals surface area (Å²) < 4.78 is 14.1. The molecule has 0 radical (unpaired) electrons. The number of carbonyl (C=O) groups excluding carboxylic acids is 3. The molecule has 8 heteroatoms. The molecule has 0 aromatic rings. The predicted octanol–water partition coefficient (Wildman–Crippen LogP) is 0.656. The zero-order valence-corrected chi connectivity index (χ0v) is 12.2. The van der Waals surface area contributed by atoms with Crippen LogP contribution in [0, 0.1) is 5.92 Å². The zero-order valence-electron chi connectivity index (χ0n) is 12.2. The molecule has 8 nitrogen and oxygen atoms in total. The van der Waals surface area contributed by atoms with Crippen molar-refractivity contribution in [3.63, 3.8) is 0 Å². The summed E-state index contributed by atoms with van der Waals surface area (Å²) in [5.74, 6) is -0.330. The minimum Gasteiger partial charge on any atom is -0.464 e. The SMILES string of the molecule is COC(=O)NCCOC(=O)N[C@@H](COC(C)=O)C(C)C. The minimum atomic E-state index is -0.637. The Bertz CT molecular complexity index is 332. The molecule has 0 aliphatic rings. The van der Waals surface area contributed by atoms with Crippen LogP contribution in [0.3, 0.4) is 0 Å². The highest BCUT2D eigenvalue weighted by atomic mass is 16.6. The quantitative estimate of drug-likeness (QED) is 0.405. The standard InChI is InChI=1S/C12H22N2O6/c1-8(2)10(7-20-9(3)15)14-12(17)19-6-5-13-11(16)18-4/h8,10H,5-7H2,1-4H3,(H,13,16)(H,14,17)/t10-/m0/s1. The fourth-order valence-corrected chi connectivity index (χ4v) is 1.17. The van der Waals surface area contributed by atoms with Crippen molar-refractivity contribution in [3.8, 4) is 0 Å². The number of amides is 2. The van der Waals surface area contributed by atoms with Gasteiger partial charge in [0.2, 0.25) is 0 Å². The molecule has 0 saturated carbocycles. The van der Waals surface area contributed by atoms with Crippen molar-refractivity contribution in [2.24, 2.45) is 5.92 Å². The van der Waals surface area contributed by atoms with Crippen molar-refractivity contribution >= 4 is 18.2 Å². The van der Waals surface area contributed by atoms with Crippen LogP contribution in [-0.4, -0.2) is 51.1 Å². The van der Waals surface area contributed by atoms with E-state index in [4.69, 9.17) is 9.47 Å². The van der Waals surface area contributed by atoms with Gasteiger partial charge in [0.15, 0.2) is 0 Å². The maximum atomic E-state index is 11.5. The van der Waals surface area contributed by atoms with Gasteiger partial charge in [0.05, 0.1) is 19.7 Å². The van der Waals surface area contributed by atoms with Gasteiger partial charge in [0, 0.05) is 6.92 Å². The van der Waals surface area contributed by atoms with E-state index in [1.54, 1.807) is 0 Å². The third-order valence-electron chi connectivity index (χ3n) is 2.36. The minimum absolute atomic E-state index is 0.0132. The van der Waals surface area contributed by atoms with Gasteiger partial charge in [-0.3, -0.25) is 4.79 Å². The van der Waals surface area contributed by atoms with E-state index in [1.165, 1.54) is 14.0 Å². The first-order chi connectivity index (χ1) is 9.36. The highest BCUT2D eigenvalue weighted by Crippen LogP contribution is 2.02. The second-order valence-electron chi connectivity index (χ2n) is 4.35. The smallest absolute Gasteiger partial charge is 0.407 e. The van der Waals surface area contributed by atoms with E-state index in [9.17, 15) is 14.4 Å². The lowest BCUT2D eigenvalue weighted by atomic mass is 10.1. The number of nitrogens with one attached hydrogen (secondary N) is 2. The highest BCUT2D eigenvalue weighted by molar-refractivity contribution is 5.68. The molecular formula is C12H22N2O6. The van der Waals surface area contributed by atoms with E-state index in [0.717, 1.165) is 0 Å². The lowest BCUT2D eigenvalue weighted by Gasteiger charge is -2.21. The molecule has 2 N–H and O–H groups in total. The molecule has 0 bridgehead atoms. The van der Waals surface area contributed by atoms with Crippen LogP contribution in [-0.2, 0) is 19.0 Å². The van der Waals surface area contributed by atoms with Crippen molar-refractivity contribution in [2.75, 3.05) is 26.9 Å². The van der Waals surface area contributed by atoms with E-state index >= 15 is 0 Å². The molecule has 0 spiro atoms. The molecule has 0 aliphatic heterocycles. The highest BCUT2D eigenvalue weighted by Gasteiger charge is 2.18. The Morgan fingerprint density at radius 1 is 1.10 bits per heavy atom. The van der Waals surface area contributed by atoms with Crippen LogP contribution in [0.2, 0.25) is 0 Å². The van der Waals surface area contributed by atoms with Crippen molar-refractivity contribution in [3.05, 3.63) is 0 Å². The van der Waals surface area contributed by atoms with Gasteiger partial charge in [-0.05, 0) is 5.92 Å². The van der Waals surface area contributed by atoms with Gasteiger partial charge in [-0.25, -0.2) is 9.59 Å². The van der Waals surface area contributed by atoms with Gasteiger partial charge >= 0.3 is 18.2 Å². The second kappa shape index (κ2) is 9.88. The van der Waals surface area contributed by atoms with E-state index in [0.29, 0.717) is 0 Å². The maximum absolute atomic E-state index is 11.5. The molecule has 0 aromatic carbocycles. The fraction of sp³-hybridized carbons (Fsp3) is 0.750. The molecule has 0 fully saturated rings. The van der Waals surface area contributed by atoms with Crippen LogP contribution in [0.15, 0.2) is 0 Å². The monoisotopic (exact) mass is 290 g/mol. The van der Waals surface area contributed by atoms with Crippen LogP contribution in [0.25, 0.3) is 0 Å². The number of ether oxygens (including phenoxy) is 3. The molecular weight excluding hydrogens is 268 g/mol. The Hall–Kier alpha value is -1.99. The van der Waals surface area contributed by atoms with Gasteiger partial charge in [-0.15, -0.1) is 0 Å². The molecule has 0 unspecified atom stereocenters. The number of rotatable bonds is 7. The van der Waals surface area contributed by atoms with Crippen LogP contribution >= 0.6 is 0 Å². The van der Waals surface area contributed by atoms with E-state index in [1.807, 2.05) is 13.8 Å². The number of esters is 1. The van der Waals surface area contributed by atoms with Crippen molar-refractivity contribution in [2.45, 2.75) is 26.8 Å². The number of methoxy groups -OCH3 is 1. The van der Waals surface area contributed by atoms with Gasteiger partial charge in [0.25, 0.3) is 0 Å². The van der Waals surface area contributed by atoms with Crippen LogP contribution in [0.5, 0.6) is 0 Å². The third-order valence-corrected chi connectivity index (χ3v) is 2.36. The Labute approximate surface area is 118 Å². The summed E-state index contributed by atoms with van der Waals surface area (Å²) in [4.78, 5) is 33.0. The molecule has 20 heavy (non-hydrogen) atoms. The largest absolute Gasteiger partial charge is 0.464 e. The molecule has 0 rings (SSSR count). The van der Waals surface area contributed by atoms with Crippen molar-refractivity contribution in [1.29, 1.82) is 0 Å². The van der Waals surface area contributed by atoms with Gasteiger partial charge in [0.1, 0.15) is 13.2 Å². The Morgan fingerprint density at radius 2 is 1.75 bits per heavy atom. The molecule has 116 valence electrons. The predicted molar refractivity (Wildman–Crippen MR) is 70.2 cm³/mol. The number of hydrogen-bond donors (Lipinski definition) is 2. The van der Waals surface area contributed by atoms with E-state index in [2.05, 4.69) is 15.4 Å². The number of hydrogen-bond acceptors (Lipinski definition) is 6. The van der Waals surface area contributed by atoms with Gasteiger partial charge < -0.3 is 24.8 Å². The molecule has 0 heterocycles. The van der Waals surface area contributed by atoms with Crippen LogP contribution < -0.4 is 10.6 Å². The summed E-state index contributed by atoms with van der Waals surface area (Å²) in [6.45, 7) is 5.31. The molecule has 2 amide bonds. The average Bonchev–Trinajstić information content (AvgIpc) is 2.38. The summed E-state index contributed by atoms with van der Waals surface area (Å²) in [7, 11) is 1.24. The molecule has 0 saturated heterocycles. The van der Waals surface area contributed by atoms with E-state index < -0.39 is 18.2 Å². The van der Waals surface area contributed by atoms with Crippen LogP contribution in [0.4, 0.5) is 9.59 Å². The molecule has 0 aromatic heterocycles. The lowest BCUT2D eigenvalue weighted by molar-refractivity contribution is -0.142. The van der Waals surface area contributed by atoms with Crippen molar-refractivity contribution in [1.82, 2.24) is 10.6 Å². The normalized spacial score (nSPS) is 11.4. The Kier molecular flexibility index (Phi) is 8.89. The number of alkyl carbamates (subject to hydrolysis) is 2. The fourth-order valence-electron chi connectivity index (χ4n) is 1.17. The summed E-state index contributed by atoms with van der Waals surface area (Å²) in [5, 5.41) is 4.96. The van der Waals surface area contributed by atoms with Gasteiger partial charge in [-0.1, -0.05) is 13.8 Å². The Balaban J connectivity index is 3.95. The first-order valence-electron chi connectivity index (χ1n) is 6.25. The maximum Gasteiger partial charge on any atom is 0.407 e. The number of carbonyl (C=O) groups is 3. The van der Waals surface area contributed by atoms with Gasteiger partial charge in [-0.2, -0.15) is 0 Å². The molecule has 1 atom stereocenters. The summed E-state index contributed by atoms with van der Waals surface area (Å²) >= 11 is 0. The average molecular weight is 290 g/mol. The summed E-state index contributed by atoms with van der Waals surface area (Å²) in [6, 6.07) is -0.333. The zero-order chi connectivity index (χ0) is 15.5. The second-order valence-corrected chi connectivity index (χ2v) is 4.35. The van der Waals surface area contributed by atoms with Crippen LogP contribution in [0.1, 0.15) is 20.8 Å². The summed E-state index contributed by atoms with van der Waals surface area (Å²) in [5.41, 5.74) is 0. The Morgan fingerprint density at radius 3 is 2.25 bits per heavy atom. The summed E-state index contributed by atoms with van der Waals surface area (Å²) in [6.07, 6.45) is -1.23. The lowest BCUT2D eigenvalue weighted by Crippen LogP contribution is -2.43. The first kappa shape index (κ1) is 18.0. The third kappa shape index (κ3) is 9.01. The topological polar surface area (TPSA) is 103 Å². The molecule has 0 aliphatic carbocycles. The van der Waals surface area contributed by atoms with Crippen molar-refractivity contribution < 1.29 is 28.6 Å². The first-order valence-corrected chi connectivity index (χ1v) is 6.25.